The van der Waals surface area contributed by atoms with Gasteiger partial charge in [-0.15, -0.1) is 0 Å². The summed E-state index contributed by atoms with van der Waals surface area (Å²) in [6, 6.07) is 2.43. The standard InChI is InChI=1S/C17H18FNO7/c1-9-12(6-5-11(18)13(9)16(21)24-3)19-8-26-7-10(15(20)23-2)14(19)17(22)25-4/h5-6H,7-8H2,1-4H3. The van der Waals surface area contributed by atoms with Crippen molar-refractivity contribution in [3.05, 3.63) is 40.3 Å². The van der Waals surface area contributed by atoms with Gasteiger partial charge < -0.3 is 23.8 Å². The summed E-state index contributed by atoms with van der Waals surface area (Å²) < 4.78 is 33.5. The van der Waals surface area contributed by atoms with Crippen molar-refractivity contribution in [1.29, 1.82) is 0 Å². The smallest absolute Gasteiger partial charge is 0.355 e. The van der Waals surface area contributed by atoms with E-state index in [1.165, 1.54) is 25.0 Å². The maximum atomic E-state index is 14.1. The number of methoxy groups -OCH3 is 3. The summed E-state index contributed by atoms with van der Waals surface area (Å²) in [5, 5.41) is 0. The van der Waals surface area contributed by atoms with Crippen molar-refractivity contribution in [1.82, 2.24) is 0 Å². The molecule has 0 amide bonds. The average molecular weight is 367 g/mol. The Hall–Kier alpha value is -2.94. The van der Waals surface area contributed by atoms with Crippen LogP contribution in [0.3, 0.4) is 0 Å². The maximum Gasteiger partial charge on any atom is 0.355 e. The first-order valence-electron chi connectivity index (χ1n) is 7.49. The number of nitrogens with zero attached hydrogens (tertiary/aromatic N) is 1. The van der Waals surface area contributed by atoms with Gasteiger partial charge in [-0.2, -0.15) is 0 Å². The molecular weight excluding hydrogens is 349 g/mol. The summed E-state index contributed by atoms with van der Waals surface area (Å²) in [6.45, 7) is 1.22. The molecule has 0 radical (unpaired) electrons. The number of anilines is 1. The van der Waals surface area contributed by atoms with Gasteiger partial charge in [-0.25, -0.2) is 18.8 Å². The largest absolute Gasteiger partial charge is 0.466 e. The van der Waals surface area contributed by atoms with Crippen molar-refractivity contribution in [2.24, 2.45) is 0 Å². The molecule has 0 aromatic heterocycles. The fourth-order valence-corrected chi connectivity index (χ4v) is 2.65. The first kappa shape index (κ1) is 19.4. The molecule has 0 spiro atoms. The molecule has 0 bridgehead atoms. The zero-order valence-electron chi connectivity index (χ0n) is 14.8. The van der Waals surface area contributed by atoms with Crippen LogP contribution in [0.1, 0.15) is 15.9 Å². The van der Waals surface area contributed by atoms with Crippen LogP contribution in [0.25, 0.3) is 0 Å². The minimum atomic E-state index is -0.864. The molecule has 2 rings (SSSR count). The minimum Gasteiger partial charge on any atom is -0.466 e. The lowest BCUT2D eigenvalue weighted by Gasteiger charge is -2.32. The van der Waals surface area contributed by atoms with Crippen LogP contribution in [0.5, 0.6) is 0 Å². The maximum absolute atomic E-state index is 14.1. The van der Waals surface area contributed by atoms with Crippen LogP contribution >= 0.6 is 0 Å². The van der Waals surface area contributed by atoms with Crippen molar-refractivity contribution < 1.29 is 37.7 Å². The third-order valence-corrected chi connectivity index (χ3v) is 3.90. The Bertz CT molecular complexity index is 788. The van der Waals surface area contributed by atoms with E-state index in [4.69, 9.17) is 9.47 Å². The number of hydrogen-bond acceptors (Lipinski definition) is 8. The number of carbonyl (C=O) groups excluding carboxylic acids is 3. The van der Waals surface area contributed by atoms with Crippen LogP contribution < -0.4 is 4.90 Å². The lowest BCUT2D eigenvalue weighted by molar-refractivity contribution is -0.140. The lowest BCUT2D eigenvalue weighted by Crippen LogP contribution is -2.39. The summed E-state index contributed by atoms with van der Waals surface area (Å²) >= 11 is 0. The number of benzene rings is 1. The molecule has 0 unspecified atom stereocenters. The van der Waals surface area contributed by atoms with E-state index in [-0.39, 0.29) is 41.4 Å². The molecule has 1 aromatic carbocycles. The van der Waals surface area contributed by atoms with Crippen molar-refractivity contribution in [2.45, 2.75) is 6.92 Å². The van der Waals surface area contributed by atoms with Crippen molar-refractivity contribution >= 4 is 23.6 Å². The van der Waals surface area contributed by atoms with E-state index in [0.29, 0.717) is 0 Å². The number of esters is 3. The van der Waals surface area contributed by atoms with E-state index in [1.807, 2.05) is 0 Å². The summed E-state index contributed by atoms with van der Waals surface area (Å²) in [6.07, 6.45) is 0. The number of ether oxygens (including phenoxy) is 4. The van der Waals surface area contributed by atoms with Crippen LogP contribution in [-0.4, -0.2) is 52.6 Å². The van der Waals surface area contributed by atoms with Gasteiger partial charge in [0.2, 0.25) is 0 Å². The number of carbonyl (C=O) groups is 3. The first-order valence-corrected chi connectivity index (χ1v) is 7.49. The van der Waals surface area contributed by atoms with Gasteiger partial charge in [0, 0.05) is 5.69 Å². The lowest BCUT2D eigenvalue weighted by atomic mass is 10.0. The predicted octanol–water partition coefficient (Wildman–Crippen LogP) is 1.31. The summed E-state index contributed by atoms with van der Waals surface area (Å²) in [5.41, 5.74) is 0.0748. The molecule has 1 aliphatic rings. The molecular formula is C17H18FNO7. The van der Waals surface area contributed by atoms with Gasteiger partial charge in [-0.1, -0.05) is 0 Å². The third kappa shape index (κ3) is 3.38. The van der Waals surface area contributed by atoms with Gasteiger partial charge >= 0.3 is 17.9 Å². The highest BCUT2D eigenvalue weighted by Crippen LogP contribution is 2.32. The number of halogens is 1. The van der Waals surface area contributed by atoms with Crippen molar-refractivity contribution in [2.75, 3.05) is 39.6 Å². The zero-order chi connectivity index (χ0) is 19.4. The predicted molar refractivity (Wildman–Crippen MR) is 86.8 cm³/mol. The normalized spacial score (nSPS) is 14.1. The molecule has 1 aliphatic heterocycles. The Kier molecular flexibility index (Phi) is 5.93. The highest BCUT2D eigenvalue weighted by atomic mass is 19.1. The van der Waals surface area contributed by atoms with E-state index in [9.17, 15) is 18.8 Å². The van der Waals surface area contributed by atoms with Crippen molar-refractivity contribution in [3.8, 4) is 0 Å². The molecule has 1 heterocycles. The quantitative estimate of drug-likeness (QED) is 0.581. The molecule has 0 N–H and O–H groups in total. The van der Waals surface area contributed by atoms with E-state index in [1.54, 1.807) is 0 Å². The molecule has 0 saturated carbocycles. The van der Waals surface area contributed by atoms with Gasteiger partial charge in [0.1, 0.15) is 23.8 Å². The Labute approximate surface area is 149 Å². The molecule has 140 valence electrons. The second-order valence-corrected chi connectivity index (χ2v) is 5.27. The monoisotopic (exact) mass is 367 g/mol. The average Bonchev–Trinajstić information content (AvgIpc) is 2.66. The van der Waals surface area contributed by atoms with Crippen LogP contribution in [0.15, 0.2) is 23.4 Å². The Morgan fingerprint density at radius 3 is 2.23 bits per heavy atom. The highest BCUT2D eigenvalue weighted by Gasteiger charge is 2.34. The molecule has 0 fully saturated rings. The topological polar surface area (TPSA) is 91.4 Å². The van der Waals surface area contributed by atoms with Gasteiger partial charge in [0.05, 0.1) is 33.5 Å². The highest BCUT2D eigenvalue weighted by molar-refractivity contribution is 6.04. The molecule has 8 nitrogen and oxygen atoms in total. The van der Waals surface area contributed by atoms with Crippen LogP contribution in [0.2, 0.25) is 0 Å². The van der Waals surface area contributed by atoms with Gasteiger partial charge in [0.25, 0.3) is 0 Å². The van der Waals surface area contributed by atoms with Crippen LogP contribution in [0.4, 0.5) is 10.1 Å². The van der Waals surface area contributed by atoms with E-state index < -0.39 is 23.7 Å². The third-order valence-electron chi connectivity index (χ3n) is 3.90. The van der Waals surface area contributed by atoms with Crippen LogP contribution in [-0.2, 0) is 28.5 Å². The SMILES string of the molecule is COC(=O)C1=C(C(=O)OC)N(c2ccc(F)c(C(=O)OC)c2C)COC1. The Morgan fingerprint density at radius 2 is 1.65 bits per heavy atom. The fraction of sp³-hybridized carbons (Fsp3) is 0.353. The van der Waals surface area contributed by atoms with Gasteiger partial charge in [-0.05, 0) is 24.6 Å². The molecule has 0 aliphatic carbocycles. The Morgan fingerprint density at radius 1 is 1.04 bits per heavy atom. The fourth-order valence-electron chi connectivity index (χ4n) is 2.65. The van der Waals surface area contributed by atoms with E-state index in [2.05, 4.69) is 9.47 Å². The minimum absolute atomic E-state index is 0.0473. The molecule has 0 saturated heterocycles. The van der Waals surface area contributed by atoms with Crippen molar-refractivity contribution in [3.63, 3.8) is 0 Å². The van der Waals surface area contributed by atoms with Gasteiger partial charge in [0.15, 0.2) is 0 Å². The summed E-state index contributed by atoms with van der Waals surface area (Å²) in [4.78, 5) is 37.5. The molecule has 26 heavy (non-hydrogen) atoms. The molecule has 1 aromatic rings. The summed E-state index contributed by atoms with van der Waals surface area (Å²) in [7, 11) is 3.46. The summed E-state index contributed by atoms with van der Waals surface area (Å²) in [5.74, 6) is -3.19. The molecule has 9 heteroatoms. The van der Waals surface area contributed by atoms with Gasteiger partial charge in [-0.3, -0.25) is 0 Å². The second kappa shape index (κ2) is 7.96. The molecule has 0 atom stereocenters. The van der Waals surface area contributed by atoms with Crippen LogP contribution in [0, 0.1) is 12.7 Å². The van der Waals surface area contributed by atoms with E-state index in [0.717, 1.165) is 20.3 Å². The first-order chi connectivity index (χ1) is 12.4. The van der Waals surface area contributed by atoms with E-state index >= 15 is 0 Å². The Balaban J connectivity index is 2.68. The number of rotatable bonds is 4. The second-order valence-electron chi connectivity index (χ2n) is 5.27. The number of hydrogen-bond donors (Lipinski definition) is 0. The zero-order valence-corrected chi connectivity index (χ0v) is 14.8.